The van der Waals surface area contributed by atoms with Crippen molar-refractivity contribution in [3.8, 4) is 0 Å². The molecule has 1 aliphatic rings. The number of ketones is 1. The Balaban J connectivity index is 2.49. The van der Waals surface area contributed by atoms with E-state index < -0.39 is 23.6 Å². The maximum absolute atomic E-state index is 11.6. The summed E-state index contributed by atoms with van der Waals surface area (Å²) < 4.78 is 5.20. The molecule has 0 bridgehead atoms. The van der Waals surface area contributed by atoms with Crippen LogP contribution in [0.4, 0.5) is 4.79 Å². The molecule has 7 heteroatoms. The second kappa shape index (κ2) is 8.31. The molecule has 2 N–H and O–H groups in total. The highest BCUT2D eigenvalue weighted by atomic mass is 16.6. The quantitative estimate of drug-likeness (QED) is 0.572. The minimum Gasteiger partial charge on any atom is -0.481 e. The first-order valence-electron chi connectivity index (χ1n) is 7.16. The minimum absolute atomic E-state index is 0.0550. The third-order valence-corrected chi connectivity index (χ3v) is 3.69. The number of carboxylic acid groups (broad SMARTS) is 1. The highest BCUT2D eigenvalue weighted by Gasteiger charge is 2.34. The smallest absolute Gasteiger partial charge is 0.408 e. The highest BCUT2D eigenvalue weighted by Crippen LogP contribution is 2.32. The molecule has 0 aromatic heterocycles. The number of carboxylic acids is 1. The first-order chi connectivity index (χ1) is 10.4. The highest BCUT2D eigenvalue weighted by molar-refractivity contribution is 5.86. The van der Waals surface area contributed by atoms with Crippen molar-refractivity contribution in [1.82, 2.24) is 5.32 Å². The molecule has 2 atom stereocenters. The van der Waals surface area contributed by atoms with E-state index in [2.05, 4.69) is 17.0 Å². The molecule has 1 rings (SSSR count). The molecule has 0 spiro atoms. The van der Waals surface area contributed by atoms with Gasteiger partial charge in [0.05, 0.1) is 18.5 Å². The van der Waals surface area contributed by atoms with Crippen LogP contribution >= 0.6 is 0 Å². The van der Waals surface area contributed by atoms with Gasteiger partial charge in [0.2, 0.25) is 0 Å². The Hall–Kier alpha value is -2.18. The molecular weight excluding hydrogens is 288 g/mol. The second-order valence-corrected chi connectivity index (χ2v) is 5.59. The topological polar surface area (TPSA) is 105 Å². The Labute approximate surface area is 129 Å². The molecule has 7 nitrogen and oxygen atoms in total. The number of ether oxygens (including phenoxy) is 1. The van der Waals surface area contributed by atoms with E-state index in [1.165, 1.54) is 0 Å². The Morgan fingerprint density at radius 2 is 2.18 bits per heavy atom. The van der Waals surface area contributed by atoms with Crippen LogP contribution in [0.3, 0.4) is 0 Å². The van der Waals surface area contributed by atoms with E-state index in [0.717, 1.165) is 0 Å². The summed E-state index contributed by atoms with van der Waals surface area (Å²) in [5, 5.41) is 11.6. The first kappa shape index (κ1) is 17.9. The van der Waals surface area contributed by atoms with Gasteiger partial charge < -0.3 is 15.2 Å². The number of hydrogen-bond acceptors (Lipinski definition) is 5. The van der Waals surface area contributed by atoms with E-state index in [4.69, 9.17) is 4.74 Å². The van der Waals surface area contributed by atoms with Crippen LogP contribution in [0.2, 0.25) is 0 Å². The Morgan fingerprint density at radius 3 is 2.82 bits per heavy atom. The van der Waals surface area contributed by atoms with E-state index in [1.54, 1.807) is 13.0 Å². The lowest BCUT2D eigenvalue weighted by Gasteiger charge is -2.27. The number of carbonyl (C=O) groups is 3. The summed E-state index contributed by atoms with van der Waals surface area (Å²) in [5.74, 6) is -1.10. The van der Waals surface area contributed by atoms with E-state index in [9.17, 15) is 19.5 Å². The van der Waals surface area contributed by atoms with Gasteiger partial charge in [0.15, 0.2) is 5.78 Å². The van der Waals surface area contributed by atoms with Crippen molar-refractivity contribution in [3.63, 3.8) is 0 Å². The summed E-state index contributed by atoms with van der Waals surface area (Å²) in [5.41, 5.74) is -0.811. The van der Waals surface area contributed by atoms with Gasteiger partial charge >= 0.3 is 12.1 Å². The number of nitrogens with one attached hydrogen (secondary N) is 1. The Bertz CT molecular complexity index is 475. The van der Waals surface area contributed by atoms with Crippen LogP contribution in [0, 0.1) is 5.41 Å². The third kappa shape index (κ3) is 5.67. The Kier molecular flexibility index (Phi) is 6.75. The standard InChI is InChI=1S/C15H22N2O5/c1-15(13(19)20)7-4-3-5-12(6-8-15)22-14(21)17-10-11(18)9-16-2/h3,5,12H,2,4,6-10H2,1H3,(H,17,21)(H,19,20)/b5-3+. The molecule has 2 unspecified atom stereocenters. The maximum Gasteiger partial charge on any atom is 0.408 e. The van der Waals surface area contributed by atoms with Crippen molar-refractivity contribution < 1.29 is 24.2 Å². The summed E-state index contributed by atoms with van der Waals surface area (Å²) in [6.07, 6.45) is 4.41. The molecule has 1 aliphatic carbocycles. The van der Waals surface area contributed by atoms with Crippen molar-refractivity contribution in [2.24, 2.45) is 10.4 Å². The molecule has 0 fully saturated rings. The zero-order valence-corrected chi connectivity index (χ0v) is 12.7. The number of aliphatic imine (C=N–C) groups is 1. The van der Waals surface area contributed by atoms with E-state index in [-0.39, 0.29) is 18.9 Å². The molecule has 1 amide bonds. The number of amides is 1. The lowest BCUT2D eigenvalue weighted by molar-refractivity contribution is -0.149. The predicted octanol–water partition coefficient (Wildman–Crippen LogP) is 1.57. The number of Topliss-reactive ketones (excluding diaryl/α,β-unsaturated/α-hetero) is 1. The molecule has 0 saturated heterocycles. The van der Waals surface area contributed by atoms with Crippen molar-refractivity contribution in [1.29, 1.82) is 0 Å². The second-order valence-electron chi connectivity index (χ2n) is 5.59. The molecule has 0 saturated carbocycles. The number of alkyl carbamates (subject to hydrolysis) is 1. The summed E-state index contributed by atoms with van der Waals surface area (Å²) in [6.45, 7) is 4.68. The lowest BCUT2D eigenvalue weighted by atomic mass is 9.79. The lowest BCUT2D eigenvalue weighted by Crippen LogP contribution is -2.35. The molecule has 0 heterocycles. The summed E-state index contributed by atoms with van der Waals surface area (Å²) in [7, 11) is 0. The number of carbonyl (C=O) groups excluding carboxylic acids is 2. The third-order valence-electron chi connectivity index (χ3n) is 3.69. The van der Waals surface area contributed by atoms with Gasteiger partial charge in [-0.3, -0.25) is 14.6 Å². The van der Waals surface area contributed by atoms with Gasteiger partial charge in [0.25, 0.3) is 0 Å². The summed E-state index contributed by atoms with van der Waals surface area (Å²) in [6, 6.07) is 0. The van der Waals surface area contributed by atoms with Gasteiger partial charge in [-0.25, -0.2) is 4.79 Å². The fraction of sp³-hybridized carbons (Fsp3) is 0.600. The zero-order valence-electron chi connectivity index (χ0n) is 12.7. The SMILES string of the molecule is C=NCC(=O)CNC(=O)OC1/C=C/CCC(C)(C(=O)O)CC1. The minimum atomic E-state index is -0.839. The molecule has 0 radical (unpaired) electrons. The fourth-order valence-corrected chi connectivity index (χ4v) is 2.17. The monoisotopic (exact) mass is 310 g/mol. The van der Waals surface area contributed by atoms with Gasteiger partial charge in [-0.15, -0.1) is 0 Å². The molecule has 0 aliphatic heterocycles. The molecule has 22 heavy (non-hydrogen) atoms. The Morgan fingerprint density at radius 1 is 1.45 bits per heavy atom. The first-order valence-corrected chi connectivity index (χ1v) is 7.16. The number of aliphatic carboxylic acids is 1. The van der Waals surface area contributed by atoms with Crippen molar-refractivity contribution in [3.05, 3.63) is 12.2 Å². The van der Waals surface area contributed by atoms with Gasteiger partial charge in [-0.1, -0.05) is 6.08 Å². The van der Waals surface area contributed by atoms with Crippen molar-refractivity contribution in [2.75, 3.05) is 13.1 Å². The van der Waals surface area contributed by atoms with Crippen LogP contribution in [0.25, 0.3) is 0 Å². The zero-order chi connectivity index (χ0) is 16.6. The average molecular weight is 310 g/mol. The van der Waals surface area contributed by atoms with Gasteiger partial charge in [-0.05, 0) is 45.4 Å². The molecule has 0 aromatic carbocycles. The van der Waals surface area contributed by atoms with Crippen LogP contribution in [-0.4, -0.2) is 48.9 Å². The van der Waals surface area contributed by atoms with Gasteiger partial charge in [-0.2, -0.15) is 0 Å². The van der Waals surface area contributed by atoms with Crippen LogP contribution in [0.5, 0.6) is 0 Å². The number of nitrogens with zero attached hydrogens (tertiary/aromatic N) is 1. The maximum atomic E-state index is 11.6. The number of allylic oxidation sites excluding steroid dienone is 1. The predicted molar refractivity (Wildman–Crippen MR) is 81.0 cm³/mol. The van der Waals surface area contributed by atoms with E-state index in [0.29, 0.717) is 25.7 Å². The van der Waals surface area contributed by atoms with Crippen LogP contribution in [-0.2, 0) is 14.3 Å². The average Bonchev–Trinajstić information content (AvgIpc) is 2.44. The van der Waals surface area contributed by atoms with Crippen LogP contribution in [0.1, 0.15) is 32.6 Å². The number of rotatable bonds is 6. The molecule has 122 valence electrons. The molecule has 0 aromatic rings. The number of hydrogen-bond donors (Lipinski definition) is 2. The van der Waals surface area contributed by atoms with Gasteiger partial charge in [0.1, 0.15) is 6.10 Å². The molecular formula is C15H22N2O5. The van der Waals surface area contributed by atoms with Crippen LogP contribution < -0.4 is 5.32 Å². The largest absolute Gasteiger partial charge is 0.481 e. The normalized spacial score (nSPS) is 26.1. The van der Waals surface area contributed by atoms with Crippen molar-refractivity contribution >= 4 is 24.6 Å². The summed E-state index contributed by atoms with van der Waals surface area (Å²) >= 11 is 0. The van der Waals surface area contributed by atoms with Crippen LogP contribution in [0.15, 0.2) is 17.1 Å². The summed E-state index contributed by atoms with van der Waals surface area (Å²) in [4.78, 5) is 37.6. The fourth-order valence-electron chi connectivity index (χ4n) is 2.17. The van der Waals surface area contributed by atoms with E-state index >= 15 is 0 Å². The van der Waals surface area contributed by atoms with Gasteiger partial charge in [0, 0.05) is 0 Å². The van der Waals surface area contributed by atoms with Crippen molar-refractivity contribution in [2.45, 2.75) is 38.7 Å². The van der Waals surface area contributed by atoms with E-state index in [1.807, 2.05) is 6.08 Å².